The van der Waals surface area contributed by atoms with Crippen molar-refractivity contribution in [1.29, 1.82) is 0 Å². The summed E-state index contributed by atoms with van der Waals surface area (Å²) >= 11 is 0. The SMILES string of the molecule is O=C(/C=C/c1cnc(-c2cccc([N+](=O)[O-])c2)nc1)NC1CCCCC1. The molecule has 0 radical (unpaired) electrons. The lowest BCUT2D eigenvalue weighted by Crippen LogP contribution is -2.34. The lowest BCUT2D eigenvalue weighted by molar-refractivity contribution is -0.384. The number of non-ortho nitro benzene ring substituents is 1. The van der Waals surface area contributed by atoms with Crippen LogP contribution in [0.15, 0.2) is 42.7 Å². The van der Waals surface area contributed by atoms with Gasteiger partial charge in [-0.15, -0.1) is 0 Å². The molecule has 7 heteroatoms. The molecular formula is C19H20N4O3. The predicted octanol–water partition coefficient (Wildman–Crippen LogP) is 3.51. The zero-order valence-electron chi connectivity index (χ0n) is 14.3. The predicted molar refractivity (Wildman–Crippen MR) is 98.2 cm³/mol. The van der Waals surface area contributed by atoms with Gasteiger partial charge in [-0.3, -0.25) is 14.9 Å². The Morgan fingerprint density at radius 1 is 1.19 bits per heavy atom. The molecule has 0 bridgehead atoms. The summed E-state index contributed by atoms with van der Waals surface area (Å²) in [7, 11) is 0. The number of nitrogens with one attached hydrogen (secondary N) is 1. The summed E-state index contributed by atoms with van der Waals surface area (Å²) in [5.41, 5.74) is 1.26. The van der Waals surface area contributed by atoms with Crippen LogP contribution in [0.2, 0.25) is 0 Å². The highest BCUT2D eigenvalue weighted by Crippen LogP contribution is 2.21. The summed E-state index contributed by atoms with van der Waals surface area (Å²) in [6, 6.07) is 6.44. The van der Waals surface area contributed by atoms with Crippen molar-refractivity contribution in [3.63, 3.8) is 0 Å². The number of benzene rings is 1. The van der Waals surface area contributed by atoms with Crippen molar-refractivity contribution in [2.75, 3.05) is 0 Å². The van der Waals surface area contributed by atoms with Gasteiger partial charge in [0.1, 0.15) is 0 Å². The van der Waals surface area contributed by atoms with Crippen LogP contribution in [0, 0.1) is 10.1 Å². The van der Waals surface area contributed by atoms with Crippen LogP contribution in [0.3, 0.4) is 0 Å². The van der Waals surface area contributed by atoms with Crippen LogP contribution in [-0.2, 0) is 4.79 Å². The summed E-state index contributed by atoms with van der Waals surface area (Å²) < 4.78 is 0. The van der Waals surface area contributed by atoms with E-state index < -0.39 is 4.92 Å². The van der Waals surface area contributed by atoms with Gasteiger partial charge < -0.3 is 5.32 Å². The third-order valence-electron chi connectivity index (χ3n) is 4.37. The number of hydrogen-bond donors (Lipinski definition) is 1. The van der Waals surface area contributed by atoms with Crippen molar-refractivity contribution >= 4 is 17.7 Å². The first kappa shape index (κ1) is 17.7. The molecule has 1 aliphatic rings. The van der Waals surface area contributed by atoms with E-state index in [4.69, 9.17) is 0 Å². The number of carbonyl (C=O) groups excluding carboxylic acids is 1. The summed E-state index contributed by atoms with van der Waals surface area (Å²) in [4.78, 5) is 30.8. The van der Waals surface area contributed by atoms with Gasteiger partial charge in [-0.05, 0) is 18.9 Å². The van der Waals surface area contributed by atoms with Crippen LogP contribution < -0.4 is 5.32 Å². The van der Waals surface area contributed by atoms with Crippen molar-refractivity contribution < 1.29 is 9.72 Å². The van der Waals surface area contributed by atoms with Crippen molar-refractivity contribution in [1.82, 2.24) is 15.3 Å². The number of amides is 1. The fourth-order valence-corrected chi connectivity index (χ4v) is 3.00. The van der Waals surface area contributed by atoms with E-state index in [1.54, 1.807) is 30.6 Å². The van der Waals surface area contributed by atoms with Gasteiger partial charge in [-0.25, -0.2) is 9.97 Å². The normalized spacial score (nSPS) is 15.1. The molecule has 0 saturated heterocycles. The molecule has 7 nitrogen and oxygen atoms in total. The number of carbonyl (C=O) groups is 1. The van der Waals surface area contributed by atoms with E-state index >= 15 is 0 Å². The average Bonchev–Trinajstić information content (AvgIpc) is 2.68. The van der Waals surface area contributed by atoms with E-state index in [-0.39, 0.29) is 17.6 Å². The first-order chi connectivity index (χ1) is 12.6. The average molecular weight is 352 g/mol. The zero-order chi connectivity index (χ0) is 18.4. The molecule has 3 rings (SSSR count). The van der Waals surface area contributed by atoms with Gasteiger partial charge in [-0.2, -0.15) is 0 Å². The number of nitrogens with zero attached hydrogens (tertiary/aromatic N) is 3. The Kier molecular flexibility index (Phi) is 5.68. The van der Waals surface area contributed by atoms with Crippen LogP contribution in [0.5, 0.6) is 0 Å². The monoisotopic (exact) mass is 352 g/mol. The second kappa shape index (κ2) is 8.33. The molecule has 1 aliphatic carbocycles. The topological polar surface area (TPSA) is 98.0 Å². The molecule has 1 heterocycles. The van der Waals surface area contributed by atoms with Crippen molar-refractivity contribution in [2.24, 2.45) is 0 Å². The quantitative estimate of drug-likeness (QED) is 0.504. The van der Waals surface area contributed by atoms with Crippen molar-refractivity contribution in [2.45, 2.75) is 38.1 Å². The van der Waals surface area contributed by atoms with E-state index in [0.29, 0.717) is 17.0 Å². The number of rotatable bonds is 5. The van der Waals surface area contributed by atoms with Crippen LogP contribution in [0.25, 0.3) is 17.5 Å². The highest BCUT2D eigenvalue weighted by Gasteiger charge is 2.14. The molecule has 1 fully saturated rings. The zero-order valence-corrected chi connectivity index (χ0v) is 14.3. The smallest absolute Gasteiger partial charge is 0.270 e. The summed E-state index contributed by atoms with van der Waals surface area (Å²) in [6.45, 7) is 0. The molecule has 26 heavy (non-hydrogen) atoms. The van der Waals surface area contributed by atoms with Crippen LogP contribution in [0.1, 0.15) is 37.7 Å². The van der Waals surface area contributed by atoms with Crippen molar-refractivity contribution in [3.8, 4) is 11.4 Å². The Balaban J connectivity index is 1.63. The highest BCUT2D eigenvalue weighted by molar-refractivity contribution is 5.91. The second-order valence-corrected chi connectivity index (χ2v) is 6.32. The molecule has 0 spiro atoms. The van der Waals surface area contributed by atoms with Crippen LogP contribution in [-0.4, -0.2) is 26.8 Å². The molecule has 1 amide bonds. The van der Waals surface area contributed by atoms with Crippen molar-refractivity contribution in [3.05, 3.63) is 58.4 Å². The molecule has 2 aromatic rings. The molecule has 0 atom stereocenters. The maximum Gasteiger partial charge on any atom is 0.270 e. The minimum absolute atomic E-state index is 0.00513. The van der Waals surface area contributed by atoms with Gasteiger partial charge in [0.2, 0.25) is 5.91 Å². The standard InChI is InChI=1S/C19H20N4O3/c24-18(22-16-6-2-1-3-7-16)10-9-14-12-20-19(21-13-14)15-5-4-8-17(11-15)23(25)26/h4-5,8-13,16H,1-3,6-7H2,(H,22,24)/b10-9+. The molecule has 0 aliphatic heterocycles. The van der Waals surface area contributed by atoms with Gasteiger partial charge in [0.15, 0.2) is 5.82 Å². The van der Waals surface area contributed by atoms with Crippen LogP contribution in [0.4, 0.5) is 5.69 Å². The highest BCUT2D eigenvalue weighted by atomic mass is 16.6. The lowest BCUT2D eigenvalue weighted by Gasteiger charge is -2.21. The number of nitro benzene ring substituents is 1. The third-order valence-corrected chi connectivity index (χ3v) is 4.37. The Labute approximate surface area is 151 Å². The summed E-state index contributed by atoms with van der Waals surface area (Å²) in [5.74, 6) is 0.289. The molecule has 134 valence electrons. The molecule has 1 saturated carbocycles. The first-order valence-electron chi connectivity index (χ1n) is 8.67. The second-order valence-electron chi connectivity index (χ2n) is 6.32. The summed E-state index contributed by atoms with van der Waals surface area (Å²) in [5, 5.41) is 13.9. The Morgan fingerprint density at radius 2 is 1.92 bits per heavy atom. The summed E-state index contributed by atoms with van der Waals surface area (Å²) in [6.07, 6.45) is 12.0. The van der Waals surface area contributed by atoms with Crippen LogP contribution >= 0.6 is 0 Å². The molecule has 1 aromatic heterocycles. The van der Waals surface area contributed by atoms with Gasteiger partial charge >= 0.3 is 0 Å². The largest absolute Gasteiger partial charge is 0.350 e. The number of hydrogen-bond acceptors (Lipinski definition) is 5. The van der Waals surface area contributed by atoms with Gasteiger partial charge in [0.25, 0.3) is 5.69 Å². The maximum absolute atomic E-state index is 12.0. The molecule has 0 unspecified atom stereocenters. The molecular weight excluding hydrogens is 332 g/mol. The maximum atomic E-state index is 12.0. The fourth-order valence-electron chi connectivity index (χ4n) is 3.00. The van der Waals surface area contributed by atoms with E-state index in [9.17, 15) is 14.9 Å². The van der Waals surface area contributed by atoms with E-state index in [0.717, 1.165) is 12.8 Å². The fraction of sp³-hybridized carbons (Fsp3) is 0.316. The number of nitro groups is 1. The molecule has 1 N–H and O–H groups in total. The van der Waals surface area contributed by atoms with Gasteiger partial charge in [0, 0.05) is 47.8 Å². The minimum atomic E-state index is -0.453. The Hall–Kier alpha value is -3.09. The van der Waals surface area contributed by atoms with Gasteiger partial charge in [0.05, 0.1) is 4.92 Å². The Morgan fingerprint density at radius 3 is 2.62 bits per heavy atom. The van der Waals surface area contributed by atoms with E-state index in [2.05, 4.69) is 15.3 Å². The number of aromatic nitrogens is 2. The van der Waals surface area contributed by atoms with Gasteiger partial charge in [-0.1, -0.05) is 31.4 Å². The first-order valence-corrected chi connectivity index (χ1v) is 8.67. The van der Waals surface area contributed by atoms with E-state index in [1.807, 2.05) is 0 Å². The Bertz CT molecular complexity index is 812. The minimum Gasteiger partial charge on any atom is -0.350 e. The third kappa shape index (κ3) is 4.72. The lowest BCUT2D eigenvalue weighted by atomic mass is 9.95. The molecule has 1 aromatic carbocycles. The van der Waals surface area contributed by atoms with E-state index in [1.165, 1.54) is 37.5 Å².